The van der Waals surface area contributed by atoms with Gasteiger partial charge in [0.1, 0.15) is 0 Å². The minimum absolute atomic E-state index is 1.04. The molecule has 0 fully saturated rings. The van der Waals surface area contributed by atoms with Gasteiger partial charge in [0, 0.05) is 116 Å². The standard InChI is InChI=1S/C90H59N7/c1-2-20-60(21-3-1)93-89-56-54-69(91(61-38-46-65(47-39-61)94-81-30-12-4-22-71(81)72-23-5-13-31-82(72)94)62-40-48-66(49-41-62)95-83-32-14-6-24-73(83)74-25-7-15-33-84(74)95)58-79(89)80-59-70(55-57-90(80)93)92(63-42-50-67(51-43-63)96-85-34-16-8-26-75(85)76-27-9-17-35-86(76)96)64-44-52-68(53-45-64)97-87-36-18-10-28-77(87)78-29-11-19-37-88(78)97/h1-59H. The molecule has 0 saturated carbocycles. The molecule has 0 aliphatic carbocycles. The average Bonchev–Trinajstić information content (AvgIpc) is 1.63. The van der Waals surface area contributed by atoms with Gasteiger partial charge in [-0.1, -0.05) is 164 Å². The van der Waals surface area contributed by atoms with Gasteiger partial charge in [0.05, 0.1) is 55.2 Å². The molecule has 20 rings (SSSR count). The third kappa shape index (κ3) is 8.48. The van der Waals surface area contributed by atoms with Crippen LogP contribution in [-0.4, -0.2) is 22.8 Å². The molecular weight excluding hydrogens is 1180 g/mol. The maximum Gasteiger partial charge on any atom is 0.0542 e. The van der Waals surface area contributed by atoms with E-state index < -0.39 is 0 Å². The number of hydrogen-bond acceptors (Lipinski definition) is 2. The van der Waals surface area contributed by atoms with E-state index in [-0.39, 0.29) is 0 Å². The Morgan fingerprint density at radius 2 is 0.309 bits per heavy atom. The molecule has 0 aliphatic heterocycles. The second kappa shape index (κ2) is 21.7. The molecule has 7 heteroatoms. The summed E-state index contributed by atoms with van der Waals surface area (Å²) in [7, 11) is 0. The largest absolute Gasteiger partial charge is 0.310 e. The molecule has 0 radical (unpaired) electrons. The van der Waals surface area contributed by atoms with Gasteiger partial charge in [-0.05, 0) is 194 Å². The number of rotatable bonds is 11. The molecule has 0 atom stereocenters. The van der Waals surface area contributed by atoms with Crippen molar-refractivity contribution in [2.75, 3.05) is 9.80 Å². The Labute approximate surface area is 558 Å². The number of para-hydroxylation sites is 9. The van der Waals surface area contributed by atoms with Gasteiger partial charge in [-0.25, -0.2) is 0 Å². The van der Waals surface area contributed by atoms with Crippen molar-refractivity contribution in [2.24, 2.45) is 0 Å². The zero-order valence-corrected chi connectivity index (χ0v) is 52.7. The third-order valence-corrected chi connectivity index (χ3v) is 20.0. The smallest absolute Gasteiger partial charge is 0.0542 e. The summed E-state index contributed by atoms with van der Waals surface area (Å²) in [4.78, 5) is 4.84. The van der Waals surface area contributed by atoms with Crippen molar-refractivity contribution in [1.29, 1.82) is 0 Å². The van der Waals surface area contributed by atoms with Gasteiger partial charge in [0.25, 0.3) is 0 Å². The average molecular weight is 1240 g/mol. The highest BCUT2D eigenvalue weighted by atomic mass is 15.2. The summed E-state index contributed by atoms with van der Waals surface area (Å²) in [6, 6.07) is 131. The molecule has 5 heterocycles. The highest BCUT2D eigenvalue weighted by Crippen LogP contribution is 2.46. The van der Waals surface area contributed by atoms with Crippen molar-refractivity contribution in [3.8, 4) is 28.4 Å². The quantitative estimate of drug-likeness (QED) is 0.129. The van der Waals surface area contributed by atoms with Gasteiger partial charge in [-0.2, -0.15) is 0 Å². The van der Waals surface area contributed by atoms with E-state index in [9.17, 15) is 0 Å². The van der Waals surface area contributed by atoms with E-state index in [2.05, 4.69) is 391 Å². The monoisotopic (exact) mass is 1240 g/mol. The molecule has 454 valence electrons. The lowest BCUT2D eigenvalue weighted by Gasteiger charge is -2.27. The fourth-order valence-corrected chi connectivity index (χ4v) is 15.8. The van der Waals surface area contributed by atoms with E-state index in [1.807, 2.05) is 0 Å². The van der Waals surface area contributed by atoms with Crippen molar-refractivity contribution in [3.05, 3.63) is 358 Å². The first-order valence-corrected chi connectivity index (χ1v) is 33.2. The first kappa shape index (κ1) is 54.5. The molecule has 5 aromatic heterocycles. The number of benzene rings is 15. The molecule has 0 aliphatic rings. The molecule has 0 bridgehead atoms. The summed E-state index contributed by atoms with van der Waals surface area (Å²) in [6.45, 7) is 0. The molecule has 0 spiro atoms. The fourth-order valence-electron chi connectivity index (χ4n) is 15.8. The van der Waals surface area contributed by atoms with Crippen molar-refractivity contribution in [3.63, 3.8) is 0 Å². The second-order valence-corrected chi connectivity index (χ2v) is 25.3. The van der Waals surface area contributed by atoms with Crippen LogP contribution < -0.4 is 9.80 Å². The highest BCUT2D eigenvalue weighted by molar-refractivity contribution is 6.15. The van der Waals surface area contributed by atoms with Crippen molar-refractivity contribution < 1.29 is 0 Å². The van der Waals surface area contributed by atoms with Crippen LogP contribution in [0.25, 0.3) is 137 Å². The van der Waals surface area contributed by atoms with Gasteiger partial charge in [-0.15, -0.1) is 0 Å². The van der Waals surface area contributed by atoms with Crippen molar-refractivity contribution >= 4 is 143 Å². The molecule has 7 nitrogen and oxygen atoms in total. The Hall–Kier alpha value is -13.1. The second-order valence-electron chi connectivity index (χ2n) is 25.3. The molecule has 0 saturated heterocycles. The Bertz CT molecular complexity index is 5580. The van der Waals surface area contributed by atoms with E-state index in [1.54, 1.807) is 0 Å². The topological polar surface area (TPSA) is 31.1 Å². The maximum absolute atomic E-state index is 2.43. The van der Waals surface area contributed by atoms with Gasteiger partial charge < -0.3 is 32.6 Å². The predicted octanol–water partition coefficient (Wildman–Crippen LogP) is 24.1. The molecule has 0 amide bonds. The van der Waals surface area contributed by atoms with Crippen molar-refractivity contribution in [2.45, 2.75) is 0 Å². The number of fused-ring (bicyclic) bond motifs is 15. The summed E-state index contributed by atoms with van der Waals surface area (Å²) < 4.78 is 12.0. The maximum atomic E-state index is 2.43. The van der Waals surface area contributed by atoms with Crippen LogP contribution in [0.15, 0.2) is 358 Å². The van der Waals surface area contributed by atoms with Gasteiger partial charge >= 0.3 is 0 Å². The molecular formula is C90H59N7. The molecule has 97 heavy (non-hydrogen) atoms. The van der Waals surface area contributed by atoms with Crippen LogP contribution in [0.4, 0.5) is 34.1 Å². The number of hydrogen-bond donors (Lipinski definition) is 0. The van der Waals surface area contributed by atoms with Crippen LogP contribution in [0.1, 0.15) is 0 Å². The van der Waals surface area contributed by atoms with E-state index >= 15 is 0 Å². The van der Waals surface area contributed by atoms with Crippen LogP contribution in [0.3, 0.4) is 0 Å². The highest BCUT2D eigenvalue weighted by Gasteiger charge is 2.24. The first-order valence-electron chi connectivity index (χ1n) is 33.2. The number of nitrogens with zero attached hydrogens (tertiary/aromatic N) is 7. The van der Waals surface area contributed by atoms with Crippen LogP contribution in [0, 0.1) is 0 Å². The zero-order chi connectivity index (χ0) is 63.7. The number of anilines is 6. The molecule has 20 aromatic rings. The van der Waals surface area contributed by atoms with E-state index in [4.69, 9.17) is 0 Å². The lowest BCUT2D eigenvalue weighted by atomic mass is 10.1. The lowest BCUT2D eigenvalue weighted by Crippen LogP contribution is -2.10. The van der Waals surface area contributed by atoms with E-state index in [1.165, 1.54) is 87.2 Å². The first-order chi connectivity index (χ1) is 48.1. The van der Waals surface area contributed by atoms with E-state index in [0.29, 0.717) is 0 Å². The Morgan fingerprint density at radius 1 is 0.134 bits per heavy atom. The number of aromatic nitrogens is 5. The summed E-state index contributed by atoms with van der Waals surface area (Å²) in [5.74, 6) is 0. The molecule has 0 N–H and O–H groups in total. The summed E-state index contributed by atoms with van der Waals surface area (Å²) in [6.07, 6.45) is 0. The fraction of sp³-hybridized carbons (Fsp3) is 0. The van der Waals surface area contributed by atoms with Crippen molar-refractivity contribution in [1.82, 2.24) is 22.8 Å². The minimum atomic E-state index is 1.04. The summed E-state index contributed by atoms with van der Waals surface area (Å²) in [5, 5.41) is 12.2. The summed E-state index contributed by atoms with van der Waals surface area (Å²) >= 11 is 0. The van der Waals surface area contributed by atoms with E-state index in [0.717, 1.165) is 84.4 Å². The predicted molar refractivity (Wildman–Crippen MR) is 408 cm³/mol. The lowest BCUT2D eigenvalue weighted by molar-refractivity contribution is 1.16. The SMILES string of the molecule is c1ccc(-n2c3ccc(N(c4ccc(-n5c6ccccc6c6ccccc65)cc4)c4ccc(-n5c6ccccc6c6ccccc65)cc4)cc3c3cc(N(c4ccc(-n5c6ccccc6c6ccccc65)cc4)c4ccc(-n5c6ccccc6c6ccccc65)cc4)ccc32)cc1. The van der Waals surface area contributed by atoms with Crippen LogP contribution in [-0.2, 0) is 0 Å². The zero-order valence-electron chi connectivity index (χ0n) is 52.7. The Kier molecular flexibility index (Phi) is 12.2. The minimum Gasteiger partial charge on any atom is -0.310 e. The Balaban J connectivity index is 0.772. The van der Waals surface area contributed by atoms with Gasteiger partial charge in [0.2, 0.25) is 0 Å². The van der Waals surface area contributed by atoms with Crippen LogP contribution in [0.5, 0.6) is 0 Å². The summed E-state index contributed by atoms with van der Waals surface area (Å²) in [5.41, 5.74) is 23.4. The Morgan fingerprint density at radius 3 is 0.536 bits per heavy atom. The van der Waals surface area contributed by atoms with Gasteiger partial charge in [0.15, 0.2) is 0 Å². The third-order valence-electron chi connectivity index (χ3n) is 20.0. The molecule has 15 aromatic carbocycles. The van der Waals surface area contributed by atoms with Crippen LogP contribution in [0.2, 0.25) is 0 Å². The van der Waals surface area contributed by atoms with Gasteiger partial charge in [-0.3, -0.25) is 0 Å². The van der Waals surface area contributed by atoms with Crippen LogP contribution >= 0.6 is 0 Å². The normalized spacial score (nSPS) is 11.9. The molecule has 0 unspecified atom stereocenters.